The molecule has 0 N–H and O–H groups in total. The number of hydrogen-bond donors (Lipinski definition) is 0. The van der Waals surface area contributed by atoms with Crippen molar-refractivity contribution in [3.8, 4) is 0 Å². The number of thiophene rings is 1. The molecule has 0 saturated heterocycles. The molecule has 0 spiro atoms. The van der Waals surface area contributed by atoms with E-state index in [1.54, 1.807) is 12.3 Å². The average molecular weight is 231 g/mol. The smallest absolute Gasteiger partial charge is 0.258 e. The van der Waals surface area contributed by atoms with E-state index in [0.717, 1.165) is 15.6 Å². The van der Waals surface area contributed by atoms with Crippen LogP contribution in [-0.2, 0) is 0 Å². The number of nitro groups is 1. The highest BCUT2D eigenvalue weighted by atomic mass is 32.1. The van der Waals surface area contributed by atoms with E-state index in [1.807, 2.05) is 6.07 Å². The van der Waals surface area contributed by atoms with Crippen molar-refractivity contribution >= 4 is 37.3 Å². The molecule has 3 rings (SSSR count). The first-order valence-electron chi connectivity index (χ1n) is 4.53. The van der Waals surface area contributed by atoms with Crippen molar-refractivity contribution in [3.63, 3.8) is 0 Å². The van der Waals surface area contributed by atoms with Crippen molar-refractivity contribution in [2.75, 3.05) is 0 Å². The topological polar surface area (TPSA) is 68.9 Å². The lowest BCUT2D eigenvalue weighted by Crippen LogP contribution is -1.86. The molecule has 0 saturated carbocycles. The SMILES string of the molecule is O=[N+]([O-])c1cccc2c1sc1cncnc12. The second-order valence-corrected chi connectivity index (χ2v) is 4.30. The highest BCUT2D eigenvalue weighted by Gasteiger charge is 2.16. The summed E-state index contributed by atoms with van der Waals surface area (Å²) in [6, 6.07) is 5.02. The van der Waals surface area contributed by atoms with Gasteiger partial charge in [-0.1, -0.05) is 12.1 Å². The molecular formula is C10H5N3O2S. The van der Waals surface area contributed by atoms with Gasteiger partial charge in [-0.3, -0.25) is 10.1 Å². The third-order valence-corrected chi connectivity index (χ3v) is 3.49. The summed E-state index contributed by atoms with van der Waals surface area (Å²) < 4.78 is 1.52. The monoisotopic (exact) mass is 231 g/mol. The quantitative estimate of drug-likeness (QED) is 0.477. The third-order valence-electron chi connectivity index (χ3n) is 2.34. The Labute approximate surface area is 93.5 Å². The van der Waals surface area contributed by atoms with Crippen molar-refractivity contribution in [3.05, 3.63) is 40.8 Å². The largest absolute Gasteiger partial charge is 0.287 e. The van der Waals surface area contributed by atoms with Gasteiger partial charge in [0.25, 0.3) is 5.69 Å². The Morgan fingerprint density at radius 3 is 3.06 bits per heavy atom. The molecule has 0 bridgehead atoms. The fraction of sp³-hybridized carbons (Fsp3) is 0. The van der Waals surface area contributed by atoms with E-state index < -0.39 is 0 Å². The molecule has 1 aromatic carbocycles. The molecule has 0 amide bonds. The molecule has 0 aliphatic rings. The van der Waals surface area contributed by atoms with Gasteiger partial charge in [0.2, 0.25) is 0 Å². The molecule has 0 aliphatic heterocycles. The van der Waals surface area contributed by atoms with E-state index >= 15 is 0 Å². The van der Waals surface area contributed by atoms with E-state index in [9.17, 15) is 10.1 Å². The zero-order chi connectivity index (χ0) is 11.1. The summed E-state index contributed by atoms with van der Waals surface area (Å²) in [5, 5.41) is 11.7. The molecule has 0 unspecified atom stereocenters. The third kappa shape index (κ3) is 1.17. The zero-order valence-electron chi connectivity index (χ0n) is 7.95. The van der Waals surface area contributed by atoms with Crippen molar-refractivity contribution < 1.29 is 4.92 Å². The van der Waals surface area contributed by atoms with E-state index in [1.165, 1.54) is 23.7 Å². The minimum absolute atomic E-state index is 0.125. The Hall–Kier alpha value is -2.08. The van der Waals surface area contributed by atoms with Gasteiger partial charge in [-0.25, -0.2) is 9.97 Å². The number of fused-ring (bicyclic) bond motifs is 3. The lowest BCUT2D eigenvalue weighted by molar-refractivity contribution is -0.382. The molecule has 3 aromatic rings. The van der Waals surface area contributed by atoms with Crippen LogP contribution in [0.4, 0.5) is 5.69 Å². The number of non-ortho nitro benzene ring substituents is 1. The van der Waals surface area contributed by atoms with Crippen LogP contribution in [0.1, 0.15) is 0 Å². The summed E-state index contributed by atoms with van der Waals surface area (Å²) in [6.07, 6.45) is 3.13. The highest BCUT2D eigenvalue weighted by molar-refractivity contribution is 7.26. The molecule has 2 aromatic heterocycles. The molecule has 78 valence electrons. The van der Waals surface area contributed by atoms with Crippen LogP contribution in [-0.4, -0.2) is 14.9 Å². The second-order valence-electron chi connectivity index (χ2n) is 3.25. The maximum absolute atomic E-state index is 10.9. The van der Waals surface area contributed by atoms with Crippen molar-refractivity contribution in [1.29, 1.82) is 0 Å². The van der Waals surface area contributed by atoms with Crippen molar-refractivity contribution in [2.45, 2.75) is 0 Å². The first-order chi connectivity index (χ1) is 7.77. The van der Waals surface area contributed by atoms with E-state index in [4.69, 9.17) is 0 Å². The molecule has 16 heavy (non-hydrogen) atoms. The molecule has 0 aliphatic carbocycles. The molecule has 5 nitrogen and oxygen atoms in total. The second kappa shape index (κ2) is 3.21. The van der Waals surface area contributed by atoms with Crippen molar-refractivity contribution in [1.82, 2.24) is 9.97 Å². The molecule has 2 heterocycles. The molecule has 0 radical (unpaired) electrons. The fourth-order valence-corrected chi connectivity index (χ4v) is 2.78. The highest BCUT2D eigenvalue weighted by Crippen LogP contribution is 2.37. The summed E-state index contributed by atoms with van der Waals surface area (Å²) in [4.78, 5) is 18.6. The maximum Gasteiger partial charge on any atom is 0.287 e. The van der Waals surface area contributed by atoms with Gasteiger partial charge in [0, 0.05) is 17.6 Å². The van der Waals surface area contributed by atoms with Crippen LogP contribution in [0.2, 0.25) is 0 Å². The van der Waals surface area contributed by atoms with E-state index in [0.29, 0.717) is 4.70 Å². The lowest BCUT2D eigenvalue weighted by atomic mass is 10.2. The number of nitrogens with zero attached hydrogens (tertiary/aromatic N) is 3. The van der Waals surface area contributed by atoms with Crippen LogP contribution in [0, 0.1) is 10.1 Å². The van der Waals surface area contributed by atoms with E-state index in [2.05, 4.69) is 9.97 Å². The number of hydrogen-bond acceptors (Lipinski definition) is 5. The first kappa shape index (κ1) is 9.17. The predicted octanol–water partition coefficient (Wildman–Crippen LogP) is 2.75. The Bertz CT molecular complexity index is 707. The molecule has 0 fully saturated rings. The van der Waals surface area contributed by atoms with E-state index in [-0.39, 0.29) is 10.6 Å². The molecular weight excluding hydrogens is 226 g/mol. The molecule has 6 heteroatoms. The van der Waals surface area contributed by atoms with Gasteiger partial charge < -0.3 is 0 Å². The minimum Gasteiger partial charge on any atom is -0.258 e. The predicted molar refractivity (Wildman–Crippen MR) is 61.6 cm³/mol. The first-order valence-corrected chi connectivity index (χ1v) is 5.34. The number of aromatic nitrogens is 2. The zero-order valence-corrected chi connectivity index (χ0v) is 8.77. The maximum atomic E-state index is 10.9. The van der Waals surface area contributed by atoms with Gasteiger partial charge in [0.1, 0.15) is 11.0 Å². The van der Waals surface area contributed by atoms with Gasteiger partial charge in [-0.15, -0.1) is 11.3 Å². The Balaban J connectivity index is 2.54. The van der Waals surface area contributed by atoms with Crippen LogP contribution in [0.25, 0.3) is 20.3 Å². The summed E-state index contributed by atoms with van der Waals surface area (Å²) in [7, 11) is 0. The lowest BCUT2D eigenvalue weighted by Gasteiger charge is -1.92. The fourth-order valence-electron chi connectivity index (χ4n) is 1.67. The minimum atomic E-state index is -0.370. The Kier molecular flexibility index (Phi) is 1.84. The Morgan fingerprint density at radius 1 is 1.38 bits per heavy atom. The number of benzene rings is 1. The summed E-state index contributed by atoms with van der Waals surface area (Å²) in [5.41, 5.74) is 0.902. The van der Waals surface area contributed by atoms with Gasteiger partial charge in [0.05, 0.1) is 15.1 Å². The van der Waals surface area contributed by atoms with Crippen LogP contribution in [0.15, 0.2) is 30.7 Å². The molecule has 0 atom stereocenters. The van der Waals surface area contributed by atoms with Crippen LogP contribution < -0.4 is 0 Å². The average Bonchev–Trinajstić information content (AvgIpc) is 2.67. The standard InChI is InChI=1S/C10H5N3O2S/c14-13(15)7-3-1-2-6-9-8(16-10(6)7)4-11-5-12-9/h1-5H. The Morgan fingerprint density at radius 2 is 2.25 bits per heavy atom. The summed E-state index contributed by atoms with van der Waals surface area (Å²) in [5.74, 6) is 0. The van der Waals surface area contributed by atoms with Crippen LogP contribution in [0.5, 0.6) is 0 Å². The van der Waals surface area contributed by atoms with Gasteiger partial charge in [-0.05, 0) is 0 Å². The van der Waals surface area contributed by atoms with Crippen LogP contribution in [0.3, 0.4) is 0 Å². The summed E-state index contributed by atoms with van der Waals surface area (Å²) in [6.45, 7) is 0. The van der Waals surface area contributed by atoms with Crippen molar-refractivity contribution in [2.24, 2.45) is 0 Å². The van der Waals surface area contributed by atoms with Crippen LogP contribution >= 0.6 is 11.3 Å². The van der Waals surface area contributed by atoms with Gasteiger partial charge >= 0.3 is 0 Å². The normalized spacial score (nSPS) is 11.0. The number of rotatable bonds is 1. The number of nitro benzene ring substituents is 1. The summed E-state index contributed by atoms with van der Waals surface area (Å²) >= 11 is 1.35. The van der Waals surface area contributed by atoms with Gasteiger partial charge in [0.15, 0.2) is 0 Å². The van der Waals surface area contributed by atoms with Gasteiger partial charge in [-0.2, -0.15) is 0 Å².